The van der Waals surface area contributed by atoms with Crippen molar-refractivity contribution in [3.63, 3.8) is 0 Å². The van der Waals surface area contributed by atoms with Crippen LogP contribution < -0.4 is 10.2 Å². The van der Waals surface area contributed by atoms with Gasteiger partial charge in [-0.05, 0) is 38.2 Å². The number of piperidine rings is 1. The normalized spacial score (nSPS) is 14.6. The lowest BCUT2D eigenvalue weighted by molar-refractivity contribution is 0.188. The van der Waals surface area contributed by atoms with Crippen LogP contribution in [0.25, 0.3) is 0 Å². The van der Waals surface area contributed by atoms with Gasteiger partial charge in [-0.2, -0.15) is 0 Å². The Bertz CT molecular complexity index is 524. The molecule has 0 unspecified atom stereocenters. The molecule has 0 aliphatic carbocycles. The Kier molecular flexibility index (Phi) is 8.02. The van der Waals surface area contributed by atoms with Gasteiger partial charge in [0, 0.05) is 44.5 Å². The van der Waals surface area contributed by atoms with Crippen molar-refractivity contribution in [3.05, 3.63) is 23.9 Å². The van der Waals surface area contributed by atoms with Gasteiger partial charge in [-0.3, -0.25) is 0 Å². The van der Waals surface area contributed by atoms with E-state index in [0.29, 0.717) is 12.5 Å². The molecular formula is C20H34N4O. The molecule has 2 amide bonds. The number of hydrogen-bond acceptors (Lipinski definition) is 3. The number of rotatable bonds is 8. The standard InChI is InChI=1S/C20H34N4O/c1-4-17(5-2)16-23(6-3)20(25)22-15-18-11-10-12-21-19(18)24-13-8-7-9-14-24/h10-12,17H,4-9,13-16H2,1-3H3,(H,22,25). The summed E-state index contributed by atoms with van der Waals surface area (Å²) < 4.78 is 0. The van der Waals surface area contributed by atoms with Gasteiger partial charge in [0.1, 0.15) is 5.82 Å². The summed E-state index contributed by atoms with van der Waals surface area (Å²) in [5, 5.41) is 3.10. The Hall–Kier alpha value is -1.78. The van der Waals surface area contributed by atoms with Crippen LogP contribution in [0.2, 0.25) is 0 Å². The lowest BCUT2D eigenvalue weighted by Gasteiger charge is -2.30. The number of hydrogen-bond donors (Lipinski definition) is 1. The molecule has 25 heavy (non-hydrogen) atoms. The van der Waals surface area contributed by atoms with E-state index in [9.17, 15) is 4.79 Å². The average molecular weight is 347 g/mol. The molecule has 0 bridgehead atoms. The topological polar surface area (TPSA) is 48.5 Å². The molecule has 0 aromatic carbocycles. The molecule has 1 aromatic heterocycles. The van der Waals surface area contributed by atoms with Crippen LogP contribution in [-0.2, 0) is 6.54 Å². The van der Waals surface area contributed by atoms with E-state index < -0.39 is 0 Å². The second-order valence-electron chi connectivity index (χ2n) is 6.91. The number of anilines is 1. The third-order valence-electron chi connectivity index (χ3n) is 5.26. The number of amides is 2. The molecule has 1 aliphatic rings. The van der Waals surface area contributed by atoms with Crippen LogP contribution in [-0.4, -0.2) is 42.1 Å². The van der Waals surface area contributed by atoms with E-state index in [1.807, 2.05) is 24.1 Å². The zero-order chi connectivity index (χ0) is 18.1. The fraction of sp³-hybridized carbons (Fsp3) is 0.700. The first kappa shape index (κ1) is 19.5. The molecule has 1 saturated heterocycles. The predicted molar refractivity (Wildman–Crippen MR) is 104 cm³/mol. The quantitative estimate of drug-likeness (QED) is 0.773. The number of carbonyl (C=O) groups excluding carboxylic acids is 1. The van der Waals surface area contributed by atoms with Crippen LogP contribution in [0.5, 0.6) is 0 Å². The fourth-order valence-corrected chi connectivity index (χ4v) is 3.46. The van der Waals surface area contributed by atoms with E-state index >= 15 is 0 Å². The van der Waals surface area contributed by atoms with E-state index in [1.54, 1.807) is 0 Å². The Balaban J connectivity index is 1.96. The zero-order valence-electron chi connectivity index (χ0n) is 16.1. The summed E-state index contributed by atoms with van der Waals surface area (Å²) in [5.74, 6) is 1.61. The summed E-state index contributed by atoms with van der Waals surface area (Å²) in [6.45, 7) is 10.7. The van der Waals surface area contributed by atoms with Crippen molar-refractivity contribution in [1.29, 1.82) is 0 Å². The highest BCUT2D eigenvalue weighted by atomic mass is 16.2. The maximum absolute atomic E-state index is 12.6. The van der Waals surface area contributed by atoms with Crippen molar-refractivity contribution in [1.82, 2.24) is 15.2 Å². The lowest BCUT2D eigenvalue weighted by Crippen LogP contribution is -2.42. The molecular weight excluding hydrogens is 312 g/mol. The van der Waals surface area contributed by atoms with Gasteiger partial charge in [0.05, 0.1) is 0 Å². The molecule has 5 heteroatoms. The summed E-state index contributed by atoms with van der Waals surface area (Å²) in [6.07, 6.45) is 7.82. The predicted octanol–water partition coefficient (Wildman–Crippen LogP) is 4.04. The van der Waals surface area contributed by atoms with Gasteiger partial charge in [-0.1, -0.05) is 32.8 Å². The minimum Gasteiger partial charge on any atom is -0.356 e. The van der Waals surface area contributed by atoms with Gasteiger partial charge in [-0.15, -0.1) is 0 Å². The third kappa shape index (κ3) is 5.62. The van der Waals surface area contributed by atoms with Crippen molar-refractivity contribution in [2.45, 2.75) is 59.4 Å². The highest BCUT2D eigenvalue weighted by molar-refractivity contribution is 5.74. The summed E-state index contributed by atoms with van der Waals surface area (Å²) >= 11 is 0. The Morgan fingerprint density at radius 2 is 1.96 bits per heavy atom. The summed E-state index contributed by atoms with van der Waals surface area (Å²) in [6, 6.07) is 4.06. The van der Waals surface area contributed by atoms with Crippen LogP contribution in [0, 0.1) is 5.92 Å². The molecule has 0 spiro atoms. The molecule has 2 rings (SSSR count). The lowest BCUT2D eigenvalue weighted by atomic mass is 10.0. The van der Waals surface area contributed by atoms with Crippen LogP contribution in [0.15, 0.2) is 18.3 Å². The second-order valence-corrected chi connectivity index (χ2v) is 6.91. The highest BCUT2D eigenvalue weighted by Gasteiger charge is 2.18. The molecule has 1 aliphatic heterocycles. The minimum absolute atomic E-state index is 0.0304. The number of nitrogens with one attached hydrogen (secondary N) is 1. The van der Waals surface area contributed by atoms with E-state index in [1.165, 1.54) is 19.3 Å². The Morgan fingerprint density at radius 3 is 2.60 bits per heavy atom. The maximum Gasteiger partial charge on any atom is 0.317 e. The van der Waals surface area contributed by atoms with Gasteiger partial charge in [0.15, 0.2) is 0 Å². The molecule has 1 aromatic rings. The molecule has 0 radical (unpaired) electrons. The SMILES string of the molecule is CCC(CC)CN(CC)C(=O)NCc1cccnc1N1CCCCC1. The van der Waals surface area contributed by atoms with E-state index in [-0.39, 0.29) is 6.03 Å². The van der Waals surface area contributed by atoms with E-state index in [0.717, 1.165) is 50.4 Å². The molecule has 1 fully saturated rings. The van der Waals surface area contributed by atoms with Gasteiger partial charge < -0.3 is 15.1 Å². The number of urea groups is 1. The Morgan fingerprint density at radius 1 is 1.24 bits per heavy atom. The van der Waals surface area contributed by atoms with Crippen LogP contribution in [0.3, 0.4) is 0 Å². The first-order valence-corrected chi connectivity index (χ1v) is 9.91. The van der Waals surface area contributed by atoms with E-state index in [4.69, 9.17) is 0 Å². The number of aromatic nitrogens is 1. The molecule has 2 heterocycles. The number of nitrogens with zero attached hydrogens (tertiary/aromatic N) is 3. The molecule has 140 valence electrons. The van der Waals surface area contributed by atoms with Crippen molar-refractivity contribution in [3.8, 4) is 0 Å². The van der Waals surface area contributed by atoms with Crippen LogP contribution >= 0.6 is 0 Å². The summed E-state index contributed by atoms with van der Waals surface area (Å²) in [5.41, 5.74) is 1.11. The zero-order valence-corrected chi connectivity index (χ0v) is 16.1. The largest absolute Gasteiger partial charge is 0.356 e. The van der Waals surface area contributed by atoms with Crippen molar-refractivity contribution in [2.24, 2.45) is 5.92 Å². The van der Waals surface area contributed by atoms with E-state index in [2.05, 4.69) is 35.1 Å². The number of pyridine rings is 1. The summed E-state index contributed by atoms with van der Waals surface area (Å²) in [4.78, 5) is 21.4. The van der Waals surface area contributed by atoms with Crippen LogP contribution in [0.1, 0.15) is 58.4 Å². The Labute approximate surface area is 152 Å². The molecule has 1 N–H and O–H groups in total. The molecule has 5 nitrogen and oxygen atoms in total. The molecule has 0 saturated carbocycles. The van der Waals surface area contributed by atoms with Gasteiger partial charge >= 0.3 is 6.03 Å². The minimum atomic E-state index is 0.0304. The van der Waals surface area contributed by atoms with Gasteiger partial charge in [0.2, 0.25) is 0 Å². The monoisotopic (exact) mass is 346 g/mol. The van der Waals surface area contributed by atoms with Crippen molar-refractivity contribution >= 4 is 11.8 Å². The smallest absolute Gasteiger partial charge is 0.317 e. The van der Waals surface area contributed by atoms with Gasteiger partial charge in [0.25, 0.3) is 0 Å². The van der Waals surface area contributed by atoms with Crippen molar-refractivity contribution in [2.75, 3.05) is 31.1 Å². The number of carbonyl (C=O) groups is 1. The second kappa shape index (κ2) is 10.3. The van der Waals surface area contributed by atoms with Gasteiger partial charge in [-0.25, -0.2) is 9.78 Å². The first-order valence-electron chi connectivity index (χ1n) is 9.91. The highest BCUT2D eigenvalue weighted by Crippen LogP contribution is 2.21. The third-order valence-corrected chi connectivity index (χ3v) is 5.26. The average Bonchev–Trinajstić information content (AvgIpc) is 2.68. The maximum atomic E-state index is 12.6. The van der Waals surface area contributed by atoms with Crippen molar-refractivity contribution < 1.29 is 4.79 Å². The fourth-order valence-electron chi connectivity index (χ4n) is 3.46. The first-order chi connectivity index (χ1) is 12.2. The van der Waals surface area contributed by atoms with Crippen LogP contribution in [0.4, 0.5) is 10.6 Å². The molecule has 0 atom stereocenters. The summed E-state index contributed by atoms with van der Waals surface area (Å²) in [7, 11) is 0.